The molecule has 0 fully saturated rings. The molecule has 7 aromatic rings. The van der Waals surface area contributed by atoms with Crippen LogP contribution in [0.1, 0.15) is 26.7 Å². The highest BCUT2D eigenvalue weighted by Crippen LogP contribution is 2.55. The minimum Gasteiger partial charge on any atom is -0.365 e. The number of anilines is 2. The van der Waals surface area contributed by atoms with Crippen molar-refractivity contribution in [3.63, 3.8) is 0 Å². The minimum absolute atomic E-state index is 0.186. The second-order valence-corrected chi connectivity index (χ2v) is 15.0. The van der Waals surface area contributed by atoms with Crippen LogP contribution in [0.5, 0.6) is 0 Å². The summed E-state index contributed by atoms with van der Waals surface area (Å²) in [5.41, 5.74) is 17.5. The molecule has 0 radical (unpaired) electrons. The first-order valence-corrected chi connectivity index (χ1v) is 19.0. The van der Waals surface area contributed by atoms with E-state index in [1.807, 2.05) is 0 Å². The van der Waals surface area contributed by atoms with Gasteiger partial charge in [-0.25, -0.2) is 0 Å². The Morgan fingerprint density at radius 3 is 1.67 bits per heavy atom. The predicted molar refractivity (Wildman–Crippen MR) is 227 cm³/mol. The summed E-state index contributed by atoms with van der Waals surface area (Å²) in [4.78, 5) is 2.46. The summed E-state index contributed by atoms with van der Waals surface area (Å²) in [5.74, 6) is 0. The zero-order valence-electron chi connectivity index (χ0n) is 30.6. The Morgan fingerprint density at radius 1 is 0.519 bits per heavy atom. The van der Waals surface area contributed by atoms with E-state index in [-0.39, 0.29) is 5.41 Å². The monoisotopic (exact) mass is 695 g/mol. The van der Waals surface area contributed by atoms with E-state index in [1.165, 1.54) is 83.4 Å². The van der Waals surface area contributed by atoms with Crippen LogP contribution in [0.3, 0.4) is 0 Å². The fourth-order valence-electron chi connectivity index (χ4n) is 8.87. The predicted octanol–water partition coefficient (Wildman–Crippen LogP) is 13.2. The van der Waals surface area contributed by atoms with Crippen molar-refractivity contribution >= 4 is 38.9 Å². The topological polar surface area (TPSA) is 20.2 Å². The molecular weight excluding hydrogens is 655 g/mol. The molecule has 10 rings (SSSR count). The number of aromatic nitrogens is 1. The Morgan fingerprint density at radius 2 is 1.04 bits per heavy atom. The van der Waals surface area contributed by atoms with Crippen molar-refractivity contribution in [3.8, 4) is 22.3 Å². The van der Waals surface area contributed by atoms with Crippen molar-refractivity contribution in [2.24, 2.45) is 5.41 Å². The third-order valence-corrected chi connectivity index (χ3v) is 11.6. The van der Waals surface area contributed by atoms with Crippen LogP contribution in [0.2, 0.25) is 0 Å². The Hall–Kier alpha value is -6.58. The number of hydrogen-bond donors (Lipinski definition) is 1. The van der Waals surface area contributed by atoms with Gasteiger partial charge in [0.05, 0.1) is 16.7 Å². The van der Waals surface area contributed by atoms with Crippen LogP contribution in [-0.4, -0.2) is 4.57 Å². The van der Waals surface area contributed by atoms with Crippen LogP contribution in [0.25, 0.3) is 49.8 Å². The second-order valence-electron chi connectivity index (χ2n) is 15.0. The first kappa shape index (κ1) is 32.1. The van der Waals surface area contributed by atoms with Crippen LogP contribution in [0.15, 0.2) is 210 Å². The van der Waals surface area contributed by atoms with Gasteiger partial charge in [0.25, 0.3) is 0 Å². The maximum atomic E-state index is 3.61. The van der Waals surface area contributed by atoms with E-state index in [2.05, 4.69) is 211 Å². The highest BCUT2D eigenvalue weighted by molar-refractivity contribution is 6.10. The van der Waals surface area contributed by atoms with Gasteiger partial charge in [0, 0.05) is 45.7 Å². The summed E-state index contributed by atoms with van der Waals surface area (Å²) in [6.45, 7) is 4.79. The molecule has 260 valence electrons. The van der Waals surface area contributed by atoms with Crippen LogP contribution in [-0.2, 0) is 0 Å². The number of allylic oxidation sites excluding steroid dienone is 8. The molecule has 0 saturated heterocycles. The lowest BCUT2D eigenvalue weighted by molar-refractivity contribution is 0.573. The number of hydrogen-bond acceptors (Lipinski definition) is 2. The molecule has 54 heavy (non-hydrogen) atoms. The number of rotatable bonds is 6. The molecule has 0 spiro atoms. The first-order valence-electron chi connectivity index (χ1n) is 19.0. The molecule has 2 aliphatic carbocycles. The van der Waals surface area contributed by atoms with E-state index in [4.69, 9.17) is 0 Å². The Kier molecular flexibility index (Phi) is 7.62. The molecule has 3 heteroatoms. The van der Waals surface area contributed by atoms with E-state index in [0.717, 1.165) is 18.5 Å². The van der Waals surface area contributed by atoms with Crippen LogP contribution in [0, 0.1) is 5.41 Å². The molecule has 2 heterocycles. The van der Waals surface area contributed by atoms with Crippen molar-refractivity contribution in [1.29, 1.82) is 0 Å². The Labute approximate surface area is 317 Å². The zero-order chi connectivity index (χ0) is 36.2. The lowest BCUT2D eigenvalue weighted by atomic mass is 9.79. The van der Waals surface area contributed by atoms with Gasteiger partial charge in [-0.2, -0.15) is 0 Å². The van der Waals surface area contributed by atoms with Crippen molar-refractivity contribution in [2.75, 3.05) is 4.90 Å². The summed E-state index contributed by atoms with van der Waals surface area (Å²) < 4.78 is 2.41. The smallest absolute Gasteiger partial charge is 0.0625 e. The van der Waals surface area contributed by atoms with Crippen LogP contribution >= 0.6 is 0 Å². The Bertz CT molecular complexity index is 2660. The van der Waals surface area contributed by atoms with E-state index < -0.39 is 0 Å². The molecule has 0 atom stereocenters. The molecule has 3 aliphatic rings. The van der Waals surface area contributed by atoms with E-state index >= 15 is 0 Å². The average Bonchev–Trinajstić information content (AvgIpc) is 3.53. The fourth-order valence-corrected chi connectivity index (χ4v) is 8.87. The lowest BCUT2D eigenvalue weighted by Gasteiger charge is -2.32. The number of benzene rings is 6. The number of fused-ring (bicyclic) bond motifs is 5. The average molecular weight is 696 g/mol. The molecule has 1 aromatic heterocycles. The third-order valence-electron chi connectivity index (χ3n) is 11.6. The molecule has 1 N–H and O–H groups in total. The maximum Gasteiger partial charge on any atom is 0.0625 e. The second kappa shape index (κ2) is 12.8. The number of nitrogens with one attached hydrogen (secondary N) is 1. The van der Waals surface area contributed by atoms with E-state index in [0.29, 0.717) is 0 Å². The summed E-state index contributed by atoms with van der Waals surface area (Å²) in [5, 5.41) is 6.16. The van der Waals surface area contributed by atoms with E-state index in [9.17, 15) is 0 Å². The van der Waals surface area contributed by atoms with Crippen molar-refractivity contribution in [2.45, 2.75) is 26.7 Å². The quantitative estimate of drug-likeness (QED) is 0.187. The fraction of sp³-hybridized carbons (Fsp3) is 0.0980. The van der Waals surface area contributed by atoms with Crippen molar-refractivity contribution < 1.29 is 0 Å². The molecule has 0 amide bonds. The first-order chi connectivity index (χ1) is 26.5. The highest BCUT2D eigenvalue weighted by atomic mass is 15.1. The normalized spacial score (nSPS) is 16.1. The van der Waals surface area contributed by atoms with Crippen molar-refractivity contribution in [3.05, 3.63) is 210 Å². The molecule has 6 aromatic carbocycles. The standard InChI is InChI=1S/C51H41N3/c1-51(2)47-31-41(29-30-43(47)46-34-52-33-42(32-48(46)51)54-49-19-11-9-17-44(49)45-18-10-12-20-50(45)54)53(39-15-7-4-8-16-39)40-27-25-38(26-28-40)37-23-21-36(22-24-37)35-13-5-3-6-14-35/h3-28,31-34,52H,29-30H2,1-2H3. The zero-order valence-corrected chi connectivity index (χ0v) is 30.6. The van der Waals surface area contributed by atoms with Crippen LogP contribution < -0.4 is 10.2 Å². The SMILES string of the molecule is CC1(C)C2=CC(n3c4ccccc4c4ccccc43)=CNC=C2C2=C1C=C(N(c1ccccc1)c1ccc(-c3ccc(-c4ccccc4)cc3)cc1)CC2. The molecule has 1 aliphatic heterocycles. The van der Waals surface area contributed by atoms with Gasteiger partial charge in [0.15, 0.2) is 0 Å². The highest BCUT2D eigenvalue weighted by Gasteiger charge is 2.42. The minimum atomic E-state index is -0.186. The van der Waals surface area contributed by atoms with Gasteiger partial charge in [-0.3, -0.25) is 0 Å². The van der Waals surface area contributed by atoms with Gasteiger partial charge in [-0.1, -0.05) is 135 Å². The summed E-state index contributed by atoms with van der Waals surface area (Å²) in [6, 6.07) is 56.9. The van der Waals surface area contributed by atoms with Crippen molar-refractivity contribution in [1.82, 2.24) is 9.88 Å². The molecule has 0 unspecified atom stereocenters. The van der Waals surface area contributed by atoms with Gasteiger partial charge in [0.1, 0.15) is 0 Å². The largest absolute Gasteiger partial charge is 0.365 e. The lowest BCUT2D eigenvalue weighted by Crippen LogP contribution is -2.21. The van der Waals surface area contributed by atoms with E-state index in [1.54, 1.807) is 0 Å². The molecule has 0 saturated carbocycles. The Balaban J connectivity index is 1.01. The molecule has 3 nitrogen and oxygen atoms in total. The third kappa shape index (κ3) is 5.27. The van der Waals surface area contributed by atoms with Gasteiger partial charge < -0.3 is 14.8 Å². The summed E-state index contributed by atoms with van der Waals surface area (Å²) >= 11 is 0. The summed E-state index contributed by atoms with van der Waals surface area (Å²) in [7, 11) is 0. The molecular formula is C51H41N3. The molecule has 0 bridgehead atoms. The number of para-hydroxylation sites is 3. The van der Waals surface area contributed by atoms with Gasteiger partial charge in [-0.15, -0.1) is 0 Å². The summed E-state index contributed by atoms with van der Waals surface area (Å²) in [6.07, 6.45) is 11.2. The van der Waals surface area contributed by atoms with Gasteiger partial charge in [0.2, 0.25) is 0 Å². The maximum absolute atomic E-state index is 3.61. The van der Waals surface area contributed by atoms with Gasteiger partial charge in [-0.05, 0) is 106 Å². The van der Waals surface area contributed by atoms with Crippen LogP contribution in [0.4, 0.5) is 11.4 Å². The number of nitrogens with zero attached hydrogens (tertiary/aromatic N) is 2. The van der Waals surface area contributed by atoms with Gasteiger partial charge >= 0.3 is 0 Å².